The van der Waals surface area contributed by atoms with Gasteiger partial charge in [0.25, 0.3) is 6.47 Å². The summed E-state index contributed by atoms with van der Waals surface area (Å²) < 4.78 is 5.04. The van der Waals surface area contributed by atoms with Gasteiger partial charge in [0.1, 0.15) is 6.10 Å². The van der Waals surface area contributed by atoms with E-state index in [4.69, 9.17) is 4.74 Å². The average molecular weight is 232 g/mol. The summed E-state index contributed by atoms with van der Waals surface area (Å²) in [7, 11) is 0. The zero-order valence-electron chi connectivity index (χ0n) is 9.67. The maximum absolute atomic E-state index is 12.3. The molecule has 3 heteroatoms. The lowest BCUT2D eigenvalue weighted by Crippen LogP contribution is -2.33. The molecule has 2 atom stereocenters. The summed E-state index contributed by atoms with van der Waals surface area (Å²) in [6, 6.07) is 9.22. The molecular weight excluding hydrogens is 216 g/mol. The minimum absolute atomic E-state index is 0.0946. The molecule has 0 saturated heterocycles. The third-order valence-electron chi connectivity index (χ3n) is 3.33. The molecule has 0 bridgehead atoms. The van der Waals surface area contributed by atoms with Crippen LogP contribution in [0.1, 0.15) is 36.0 Å². The molecule has 0 aliphatic heterocycles. The summed E-state index contributed by atoms with van der Waals surface area (Å²) >= 11 is 0. The second-order valence-electron chi connectivity index (χ2n) is 4.39. The Morgan fingerprint density at radius 3 is 2.59 bits per heavy atom. The van der Waals surface area contributed by atoms with Crippen LogP contribution in [0.3, 0.4) is 0 Å². The van der Waals surface area contributed by atoms with Crippen LogP contribution in [0.25, 0.3) is 0 Å². The van der Waals surface area contributed by atoms with Gasteiger partial charge >= 0.3 is 0 Å². The van der Waals surface area contributed by atoms with Crippen molar-refractivity contribution in [2.24, 2.45) is 5.92 Å². The molecule has 0 N–H and O–H groups in total. The molecule has 0 heterocycles. The number of carbonyl (C=O) groups excluding carboxylic acids is 2. The van der Waals surface area contributed by atoms with Crippen LogP contribution in [0.15, 0.2) is 30.3 Å². The fourth-order valence-corrected chi connectivity index (χ4v) is 2.45. The number of rotatable bonds is 4. The maximum atomic E-state index is 12.3. The van der Waals surface area contributed by atoms with Gasteiger partial charge in [0, 0.05) is 5.56 Å². The third-order valence-corrected chi connectivity index (χ3v) is 3.33. The van der Waals surface area contributed by atoms with E-state index in [9.17, 15) is 9.59 Å². The number of ether oxygens (including phenoxy) is 1. The van der Waals surface area contributed by atoms with Gasteiger partial charge < -0.3 is 4.74 Å². The second-order valence-corrected chi connectivity index (χ2v) is 4.39. The number of ketones is 1. The number of benzene rings is 1. The highest BCUT2D eigenvalue weighted by Gasteiger charge is 2.32. The highest BCUT2D eigenvalue weighted by atomic mass is 16.5. The van der Waals surface area contributed by atoms with E-state index in [2.05, 4.69) is 0 Å². The second kappa shape index (κ2) is 5.62. The van der Waals surface area contributed by atoms with Gasteiger partial charge in [-0.1, -0.05) is 36.8 Å². The smallest absolute Gasteiger partial charge is 0.293 e. The summed E-state index contributed by atoms with van der Waals surface area (Å²) in [6.07, 6.45) is 3.42. The van der Waals surface area contributed by atoms with Crippen molar-refractivity contribution in [3.63, 3.8) is 0 Å². The molecule has 1 aromatic carbocycles. The summed E-state index contributed by atoms with van der Waals surface area (Å²) in [5.74, 6) is -0.0755. The number of carbonyl (C=O) groups is 2. The summed E-state index contributed by atoms with van der Waals surface area (Å²) in [6.45, 7) is 0.460. The van der Waals surface area contributed by atoms with Crippen molar-refractivity contribution >= 4 is 12.3 Å². The summed E-state index contributed by atoms with van der Waals surface area (Å²) in [5.41, 5.74) is 0.707. The Hall–Kier alpha value is -1.64. The van der Waals surface area contributed by atoms with Crippen LogP contribution in [0.5, 0.6) is 0 Å². The zero-order valence-corrected chi connectivity index (χ0v) is 9.67. The van der Waals surface area contributed by atoms with Gasteiger partial charge in [-0.3, -0.25) is 9.59 Å². The van der Waals surface area contributed by atoms with E-state index in [-0.39, 0.29) is 17.8 Å². The molecule has 2 unspecified atom stereocenters. The monoisotopic (exact) mass is 232 g/mol. The molecule has 1 aliphatic carbocycles. The quantitative estimate of drug-likeness (QED) is 0.592. The lowest BCUT2D eigenvalue weighted by molar-refractivity contribution is -0.136. The first-order valence-corrected chi connectivity index (χ1v) is 6.01. The first kappa shape index (κ1) is 11.8. The van der Waals surface area contributed by atoms with Gasteiger partial charge in [-0.2, -0.15) is 0 Å². The average Bonchev–Trinajstić information content (AvgIpc) is 2.40. The van der Waals surface area contributed by atoms with E-state index in [1.165, 1.54) is 0 Å². The fraction of sp³-hybridized carbons (Fsp3) is 0.429. The molecule has 0 radical (unpaired) electrons. The van der Waals surface area contributed by atoms with Crippen LogP contribution < -0.4 is 0 Å². The first-order chi connectivity index (χ1) is 8.33. The first-order valence-electron chi connectivity index (χ1n) is 6.01. The van der Waals surface area contributed by atoms with E-state index in [0.717, 1.165) is 25.7 Å². The lowest BCUT2D eigenvalue weighted by atomic mass is 9.81. The Bertz CT molecular complexity index is 386. The van der Waals surface area contributed by atoms with Crippen molar-refractivity contribution < 1.29 is 14.3 Å². The largest absolute Gasteiger partial charge is 0.464 e. The predicted octanol–water partition coefficient (Wildman–Crippen LogP) is 2.60. The van der Waals surface area contributed by atoms with Crippen molar-refractivity contribution in [1.82, 2.24) is 0 Å². The van der Waals surface area contributed by atoms with E-state index in [1.807, 2.05) is 30.3 Å². The minimum Gasteiger partial charge on any atom is -0.464 e. The van der Waals surface area contributed by atoms with Crippen LogP contribution in [-0.4, -0.2) is 18.4 Å². The van der Waals surface area contributed by atoms with Crippen LogP contribution in [0, 0.1) is 5.92 Å². The van der Waals surface area contributed by atoms with Crippen LogP contribution >= 0.6 is 0 Å². The van der Waals surface area contributed by atoms with Crippen LogP contribution in [0.2, 0.25) is 0 Å². The molecule has 0 aromatic heterocycles. The summed E-state index contributed by atoms with van der Waals surface area (Å²) in [4.78, 5) is 22.7. The third kappa shape index (κ3) is 2.73. The molecule has 1 aliphatic rings. The van der Waals surface area contributed by atoms with Gasteiger partial charge in [0.15, 0.2) is 5.78 Å². The number of Topliss-reactive ketones (excluding diaryl/α,β-unsaturated/α-hetero) is 1. The van der Waals surface area contributed by atoms with Crippen LogP contribution in [-0.2, 0) is 9.53 Å². The molecular formula is C14H16O3. The molecule has 90 valence electrons. The zero-order chi connectivity index (χ0) is 12.1. The van der Waals surface area contributed by atoms with E-state index in [1.54, 1.807) is 0 Å². The van der Waals surface area contributed by atoms with Crippen molar-refractivity contribution in [2.75, 3.05) is 0 Å². The molecule has 17 heavy (non-hydrogen) atoms. The van der Waals surface area contributed by atoms with Gasteiger partial charge in [-0.15, -0.1) is 0 Å². The molecule has 3 nitrogen and oxygen atoms in total. The predicted molar refractivity (Wildman–Crippen MR) is 63.7 cm³/mol. The standard InChI is InChI=1S/C14H16O3/c15-10-17-13-9-5-4-8-12(13)14(16)11-6-2-1-3-7-11/h1-3,6-7,10,12-13H,4-5,8-9H2. The molecule has 1 fully saturated rings. The van der Waals surface area contributed by atoms with Gasteiger partial charge in [-0.25, -0.2) is 0 Å². The SMILES string of the molecule is O=COC1CCCCC1C(=O)c1ccccc1. The Balaban J connectivity index is 2.13. The van der Waals surface area contributed by atoms with E-state index < -0.39 is 0 Å². The Kier molecular flexibility index (Phi) is 3.91. The minimum atomic E-state index is -0.242. The molecule has 2 rings (SSSR count). The van der Waals surface area contributed by atoms with Crippen molar-refractivity contribution in [3.05, 3.63) is 35.9 Å². The Labute approximate surface area is 101 Å². The number of hydrogen-bond donors (Lipinski definition) is 0. The van der Waals surface area contributed by atoms with E-state index >= 15 is 0 Å². The van der Waals surface area contributed by atoms with Gasteiger partial charge in [-0.05, 0) is 19.3 Å². The number of hydrogen-bond acceptors (Lipinski definition) is 3. The Morgan fingerprint density at radius 1 is 1.18 bits per heavy atom. The molecule has 1 aromatic rings. The molecule has 0 amide bonds. The molecule has 1 saturated carbocycles. The Morgan fingerprint density at radius 2 is 1.88 bits per heavy atom. The lowest BCUT2D eigenvalue weighted by Gasteiger charge is -2.28. The summed E-state index contributed by atoms with van der Waals surface area (Å²) in [5, 5.41) is 0. The topological polar surface area (TPSA) is 43.4 Å². The van der Waals surface area contributed by atoms with Crippen molar-refractivity contribution in [2.45, 2.75) is 31.8 Å². The van der Waals surface area contributed by atoms with Crippen molar-refractivity contribution in [1.29, 1.82) is 0 Å². The normalized spacial score (nSPS) is 24.0. The fourth-order valence-electron chi connectivity index (χ4n) is 2.45. The van der Waals surface area contributed by atoms with E-state index in [0.29, 0.717) is 12.0 Å². The highest BCUT2D eigenvalue weighted by molar-refractivity contribution is 5.98. The maximum Gasteiger partial charge on any atom is 0.293 e. The highest BCUT2D eigenvalue weighted by Crippen LogP contribution is 2.29. The van der Waals surface area contributed by atoms with Crippen molar-refractivity contribution in [3.8, 4) is 0 Å². The van der Waals surface area contributed by atoms with Gasteiger partial charge in [0.05, 0.1) is 5.92 Å². The van der Waals surface area contributed by atoms with Crippen LogP contribution in [0.4, 0.5) is 0 Å². The molecule has 0 spiro atoms. The van der Waals surface area contributed by atoms with Gasteiger partial charge in [0.2, 0.25) is 0 Å².